The van der Waals surface area contributed by atoms with Crippen LogP contribution in [0.3, 0.4) is 0 Å². The predicted octanol–water partition coefficient (Wildman–Crippen LogP) is 5.20. The maximum atomic E-state index is 3.81. The van der Waals surface area contributed by atoms with Crippen molar-refractivity contribution in [1.29, 1.82) is 0 Å². The van der Waals surface area contributed by atoms with Crippen LogP contribution < -0.4 is 0 Å². The summed E-state index contributed by atoms with van der Waals surface area (Å²) in [5.74, 6) is 1.54. The van der Waals surface area contributed by atoms with Gasteiger partial charge in [0, 0.05) is 0 Å². The van der Waals surface area contributed by atoms with Crippen LogP contribution in [0, 0.1) is 11.8 Å². The van der Waals surface area contributed by atoms with E-state index >= 15 is 0 Å². The Morgan fingerprint density at radius 3 is 3.06 bits per heavy atom. The van der Waals surface area contributed by atoms with Gasteiger partial charge < -0.3 is 0 Å². The highest BCUT2D eigenvalue weighted by Gasteiger charge is 2.24. The first-order valence-electron chi connectivity index (χ1n) is 6.91. The summed E-state index contributed by atoms with van der Waals surface area (Å²) in [5, 5.41) is 0. The molecular weight excluding hydrogens is 204 g/mol. The van der Waals surface area contributed by atoms with Crippen molar-refractivity contribution in [2.75, 3.05) is 0 Å². The molecule has 0 bridgehead atoms. The molecule has 2 aliphatic carbocycles. The third-order valence-electron chi connectivity index (χ3n) is 4.07. The zero-order chi connectivity index (χ0) is 12.3. The average molecular weight is 228 g/mol. The maximum Gasteiger partial charge on any atom is -0.0119 e. The van der Waals surface area contributed by atoms with Gasteiger partial charge in [-0.25, -0.2) is 0 Å². The molecule has 92 valence electrons. The smallest absolute Gasteiger partial charge is 0.0119 e. The molecule has 0 aliphatic heterocycles. The Morgan fingerprint density at radius 1 is 1.47 bits per heavy atom. The van der Waals surface area contributed by atoms with Gasteiger partial charge in [0.15, 0.2) is 0 Å². The van der Waals surface area contributed by atoms with Gasteiger partial charge in [-0.05, 0) is 62.0 Å². The van der Waals surface area contributed by atoms with E-state index in [4.69, 9.17) is 0 Å². The monoisotopic (exact) mass is 228 g/mol. The molecule has 0 amide bonds. The molecule has 0 N–H and O–H groups in total. The van der Waals surface area contributed by atoms with E-state index in [0.717, 1.165) is 18.3 Å². The Bertz CT molecular complexity index is 379. The van der Waals surface area contributed by atoms with Crippen LogP contribution in [0.4, 0.5) is 0 Å². The standard InChI is InChI=1S/C17H24/c1-4-5-6-7-16-14(3)9-10-15-12-13(2)8-11-17(15)16/h4,8-9,11,13,15H,1,5-7,10,12H2,2-3H3. The van der Waals surface area contributed by atoms with Crippen LogP contribution in [0.25, 0.3) is 0 Å². The highest BCUT2D eigenvalue weighted by molar-refractivity contribution is 5.45. The summed E-state index contributed by atoms with van der Waals surface area (Å²) in [6.45, 7) is 8.41. The number of rotatable bonds is 4. The molecule has 2 unspecified atom stereocenters. The fourth-order valence-corrected chi connectivity index (χ4v) is 3.06. The molecular formula is C17H24. The van der Waals surface area contributed by atoms with Crippen LogP contribution in [-0.4, -0.2) is 0 Å². The second-order valence-corrected chi connectivity index (χ2v) is 5.51. The molecule has 0 nitrogen and oxygen atoms in total. The van der Waals surface area contributed by atoms with Gasteiger partial charge in [0.2, 0.25) is 0 Å². The first kappa shape index (κ1) is 12.4. The van der Waals surface area contributed by atoms with Crippen LogP contribution in [0.5, 0.6) is 0 Å². The number of fused-ring (bicyclic) bond motifs is 1. The molecule has 0 saturated heterocycles. The second kappa shape index (κ2) is 5.53. The molecule has 2 atom stereocenters. The molecule has 0 aromatic heterocycles. The van der Waals surface area contributed by atoms with E-state index < -0.39 is 0 Å². The summed E-state index contributed by atoms with van der Waals surface area (Å²) in [5.41, 5.74) is 4.76. The first-order valence-corrected chi connectivity index (χ1v) is 6.91. The van der Waals surface area contributed by atoms with Crippen molar-refractivity contribution in [2.45, 2.75) is 46.0 Å². The van der Waals surface area contributed by atoms with E-state index in [-0.39, 0.29) is 0 Å². The number of unbranched alkanes of at least 4 members (excludes halogenated alkanes) is 1. The zero-order valence-corrected chi connectivity index (χ0v) is 11.2. The van der Waals surface area contributed by atoms with Crippen molar-refractivity contribution in [3.8, 4) is 0 Å². The third kappa shape index (κ3) is 2.80. The normalized spacial score (nSPS) is 27.8. The van der Waals surface area contributed by atoms with Crippen LogP contribution >= 0.6 is 0 Å². The number of hydrogen-bond acceptors (Lipinski definition) is 0. The molecule has 0 fully saturated rings. The van der Waals surface area contributed by atoms with Gasteiger partial charge in [0.25, 0.3) is 0 Å². The van der Waals surface area contributed by atoms with Crippen molar-refractivity contribution < 1.29 is 0 Å². The summed E-state index contributed by atoms with van der Waals surface area (Å²) in [7, 11) is 0. The summed E-state index contributed by atoms with van der Waals surface area (Å²) >= 11 is 0. The van der Waals surface area contributed by atoms with Crippen molar-refractivity contribution >= 4 is 0 Å². The molecule has 2 rings (SSSR count). The summed E-state index contributed by atoms with van der Waals surface area (Å²) in [6, 6.07) is 0. The summed E-state index contributed by atoms with van der Waals surface area (Å²) in [6.07, 6.45) is 15.4. The SMILES string of the molecule is C=CCCCC1=C2C=CC(C)CC2CC=C1C. The lowest BCUT2D eigenvalue weighted by Crippen LogP contribution is -2.16. The maximum absolute atomic E-state index is 3.81. The van der Waals surface area contributed by atoms with Crippen molar-refractivity contribution in [3.63, 3.8) is 0 Å². The minimum Gasteiger partial charge on any atom is -0.103 e. The summed E-state index contributed by atoms with van der Waals surface area (Å²) < 4.78 is 0. The quantitative estimate of drug-likeness (QED) is 0.458. The van der Waals surface area contributed by atoms with Crippen LogP contribution in [0.2, 0.25) is 0 Å². The van der Waals surface area contributed by atoms with Gasteiger partial charge in [-0.3, -0.25) is 0 Å². The summed E-state index contributed by atoms with van der Waals surface area (Å²) in [4.78, 5) is 0. The number of allylic oxidation sites excluding steroid dienone is 7. The Kier molecular flexibility index (Phi) is 4.04. The van der Waals surface area contributed by atoms with Crippen molar-refractivity contribution in [3.05, 3.63) is 47.6 Å². The molecule has 0 aromatic carbocycles. The molecule has 0 heteroatoms. The molecule has 0 radical (unpaired) electrons. The van der Waals surface area contributed by atoms with E-state index in [1.807, 2.05) is 6.08 Å². The minimum absolute atomic E-state index is 0.755. The lowest BCUT2D eigenvalue weighted by Gasteiger charge is -2.31. The molecule has 17 heavy (non-hydrogen) atoms. The van der Waals surface area contributed by atoms with Crippen molar-refractivity contribution in [2.24, 2.45) is 11.8 Å². The molecule has 0 spiro atoms. The zero-order valence-electron chi connectivity index (χ0n) is 11.2. The van der Waals surface area contributed by atoms with Gasteiger partial charge in [-0.15, -0.1) is 6.58 Å². The number of hydrogen-bond donors (Lipinski definition) is 0. The Labute approximate surface area is 106 Å². The van der Waals surface area contributed by atoms with E-state index in [0.29, 0.717) is 0 Å². The van der Waals surface area contributed by atoms with Gasteiger partial charge >= 0.3 is 0 Å². The minimum atomic E-state index is 0.755. The second-order valence-electron chi connectivity index (χ2n) is 5.51. The van der Waals surface area contributed by atoms with Gasteiger partial charge in [-0.2, -0.15) is 0 Å². The van der Waals surface area contributed by atoms with Crippen LogP contribution in [0.1, 0.15) is 46.0 Å². The Balaban J connectivity index is 2.19. The predicted molar refractivity (Wildman–Crippen MR) is 75.9 cm³/mol. The third-order valence-corrected chi connectivity index (χ3v) is 4.07. The van der Waals surface area contributed by atoms with E-state index in [9.17, 15) is 0 Å². The highest BCUT2D eigenvalue weighted by Crippen LogP contribution is 2.39. The lowest BCUT2D eigenvalue weighted by atomic mass is 9.74. The van der Waals surface area contributed by atoms with Gasteiger partial charge in [-0.1, -0.05) is 36.8 Å². The molecule has 2 aliphatic rings. The Morgan fingerprint density at radius 2 is 2.29 bits per heavy atom. The molecule has 0 saturated carbocycles. The van der Waals surface area contributed by atoms with Crippen LogP contribution in [-0.2, 0) is 0 Å². The van der Waals surface area contributed by atoms with Gasteiger partial charge in [0.1, 0.15) is 0 Å². The first-order chi connectivity index (χ1) is 8.22. The van der Waals surface area contributed by atoms with Crippen LogP contribution in [0.15, 0.2) is 47.6 Å². The van der Waals surface area contributed by atoms with E-state index in [1.165, 1.54) is 31.3 Å². The average Bonchev–Trinajstić information content (AvgIpc) is 2.32. The molecule has 0 heterocycles. The van der Waals surface area contributed by atoms with E-state index in [2.05, 4.69) is 38.7 Å². The Hall–Kier alpha value is -1.04. The van der Waals surface area contributed by atoms with E-state index in [1.54, 1.807) is 11.1 Å². The highest BCUT2D eigenvalue weighted by atomic mass is 14.3. The fourth-order valence-electron chi connectivity index (χ4n) is 3.06. The molecule has 0 aromatic rings. The van der Waals surface area contributed by atoms with Gasteiger partial charge in [0.05, 0.1) is 0 Å². The van der Waals surface area contributed by atoms with Crippen molar-refractivity contribution in [1.82, 2.24) is 0 Å². The topological polar surface area (TPSA) is 0 Å². The fraction of sp³-hybridized carbons (Fsp3) is 0.529. The lowest BCUT2D eigenvalue weighted by molar-refractivity contribution is 0.473. The largest absolute Gasteiger partial charge is 0.103 e.